The highest BCUT2D eigenvalue weighted by Gasteiger charge is 2.27. The van der Waals surface area contributed by atoms with Crippen molar-refractivity contribution in [3.63, 3.8) is 0 Å². The van der Waals surface area contributed by atoms with Gasteiger partial charge in [0.05, 0.1) is 12.5 Å². The summed E-state index contributed by atoms with van der Waals surface area (Å²) in [5, 5.41) is 0. The Hall–Kier alpha value is -1.37. The summed E-state index contributed by atoms with van der Waals surface area (Å²) >= 11 is 3.30. The minimum Gasteiger partial charge on any atom is -0.466 e. The molecule has 2 rings (SSSR count). The van der Waals surface area contributed by atoms with E-state index in [1.54, 1.807) is 6.07 Å². The van der Waals surface area contributed by atoms with Crippen LogP contribution >= 0.6 is 15.9 Å². The molecule has 2 heterocycles. The van der Waals surface area contributed by atoms with Gasteiger partial charge in [-0.1, -0.05) is 0 Å². The van der Waals surface area contributed by atoms with Crippen LogP contribution < -0.4 is 10.6 Å². The molecule has 0 aliphatic carbocycles. The lowest BCUT2D eigenvalue weighted by Gasteiger charge is -2.30. The van der Waals surface area contributed by atoms with Gasteiger partial charge in [-0.3, -0.25) is 4.79 Å². The van der Waals surface area contributed by atoms with E-state index in [-0.39, 0.29) is 11.9 Å². The Morgan fingerprint density at radius 1 is 1.53 bits per heavy atom. The first-order valence-electron chi connectivity index (χ1n) is 6.31. The molecule has 19 heavy (non-hydrogen) atoms. The Bertz CT molecular complexity index is 441. The second-order valence-corrected chi connectivity index (χ2v) is 5.24. The summed E-state index contributed by atoms with van der Waals surface area (Å²) in [6.07, 6.45) is 1.52. The van der Waals surface area contributed by atoms with Crippen LogP contribution in [0.2, 0.25) is 0 Å². The molecule has 1 aliphatic rings. The number of nitrogens with two attached hydrogens (primary N) is 1. The van der Waals surface area contributed by atoms with Crippen molar-refractivity contribution in [3.8, 4) is 0 Å². The van der Waals surface area contributed by atoms with E-state index >= 15 is 0 Å². The van der Waals surface area contributed by atoms with E-state index in [0.29, 0.717) is 23.0 Å². The zero-order valence-electron chi connectivity index (χ0n) is 10.8. The van der Waals surface area contributed by atoms with Crippen LogP contribution in [0.3, 0.4) is 0 Å². The molecule has 1 saturated heterocycles. The van der Waals surface area contributed by atoms with E-state index in [2.05, 4.69) is 25.9 Å². The molecule has 2 N–H and O–H groups in total. The van der Waals surface area contributed by atoms with Crippen molar-refractivity contribution in [3.05, 3.63) is 10.7 Å². The minimum absolute atomic E-state index is 0.0132. The SMILES string of the molecule is CCOC(=O)C1CCN(c2nc(N)cc(Br)n2)CC1. The number of halogens is 1. The lowest BCUT2D eigenvalue weighted by molar-refractivity contribution is -0.148. The predicted octanol–water partition coefficient (Wildman–Crippen LogP) is 1.60. The molecule has 0 amide bonds. The molecule has 1 fully saturated rings. The summed E-state index contributed by atoms with van der Waals surface area (Å²) < 4.78 is 5.71. The molecule has 0 bridgehead atoms. The standard InChI is InChI=1S/C12H17BrN4O2/c1-2-19-11(18)8-3-5-17(6-4-8)12-15-9(13)7-10(14)16-12/h7-8H,2-6H2,1H3,(H2,14,15,16). The Morgan fingerprint density at radius 2 is 2.21 bits per heavy atom. The number of hydrogen-bond donors (Lipinski definition) is 1. The Labute approximate surface area is 120 Å². The number of ether oxygens (including phenoxy) is 1. The van der Waals surface area contributed by atoms with E-state index in [1.165, 1.54) is 0 Å². The Kier molecular flexibility index (Phi) is 4.57. The van der Waals surface area contributed by atoms with Crippen LogP contribution in [0.15, 0.2) is 10.7 Å². The number of carbonyl (C=O) groups is 1. The maximum Gasteiger partial charge on any atom is 0.309 e. The molecule has 1 aromatic rings. The number of esters is 1. The predicted molar refractivity (Wildman–Crippen MR) is 75.7 cm³/mol. The second-order valence-electron chi connectivity index (χ2n) is 4.43. The molecule has 104 valence electrons. The number of hydrogen-bond acceptors (Lipinski definition) is 6. The van der Waals surface area contributed by atoms with Gasteiger partial charge < -0.3 is 15.4 Å². The van der Waals surface area contributed by atoms with Crippen molar-refractivity contribution in [2.75, 3.05) is 30.3 Å². The third kappa shape index (κ3) is 3.56. The fraction of sp³-hybridized carbons (Fsp3) is 0.583. The highest BCUT2D eigenvalue weighted by Crippen LogP contribution is 2.23. The van der Waals surface area contributed by atoms with Gasteiger partial charge in [-0.15, -0.1) is 0 Å². The van der Waals surface area contributed by atoms with Crippen LogP contribution in [0.1, 0.15) is 19.8 Å². The van der Waals surface area contributed by atoms with E-state index in [9.17, 15) is 4.79 Å². The smallest absolute Gasteiger partial charge is 0.309 e. The minimum atomic E-state index is -0.100. The number of nitrogens with zero attached hydrogens (tertiary/aromatic N) is 3. The molecule has 0 aromatic carbocycles. The molecule has 6 nitrogen and oxygen atoms in total. The third-order valence-corrected chi connectivity index (χ3v) is 3.51. The summed E-state index contributed by atoms with van der Waals surface area (Å²) in [4.78, 5) is 22.2. The van der Waals surface area contributed by atoms with Crippen LogP contribution in [0, 0.1) is 5.92 Å². The van der Waals surface area contributed by atoms with Gasteiger partial charge in [0.2, 0.25) is 5.95 Å². The summed E-state index contributed by atoms with van der Waals surface area (Å²) in [6, 6.07) is 1.66. The van der Waals surface area contributed by atoms with E-state index in [1.807, 2.05) is 11.8 Å². The zero-order valence-corrected chi connectivity index (χ0v) is 12.4. The molecule has 1 aliphatic heterocycles. The second kappa shape index (κ2) is 6.18. The van der Waals surface area contributed by atoms with Gasteiger partial charge in [-0.25, -0.2) is 4.98 Å². The van der Waals surface area contributed by atoms with Gasteiger partial charge in [-0.05, 0) is 35.7 Å². The third-order valence-electron chi connectivity index (χ3n) is 3.10. The zero-order chi connectivity index (χ0) is 13.8. The molecular weight excluding hydrogens is 312 g/mol. The van der Waals surface area contributed by atoms with Crippen molar-refractivity contribution in [1.29, 1.82) is 0 Å². The van der Waals surface area contributed by atoms with Crippen LogP contribution in [-0.2, 0) is 9.53 Å². The molecule has 0 spiro atoms. The van der Waals surface area contributed by atoms with E-state index in [4.69, 9.17) is 10.5 Å². The van der Waals surface area contributed by atoms with Gasteiger partial charge in [0.15, 0.2) is 0 Å². The Balaban J connectivity index is 1.97. The van der Waals surface area contributed by atoms with Crippen LogP contribution in [0.4, 0.5) is 11.8 Å². The van der Waals surface area contributed by atoms with Gasteiger partial charge in [0, 0.05) is 19.2 Å². The first-order chi connectivity index (χ1) is 9.10. The number of nitrogen functional groups attached to an aromatic ring is 1. The highest BCUT2D eigenvalue weighted by atomic mass is 79.9. The molecule has 0 saturated carbocycles. The molecule has 1 aromatic heterocycles. The van der Waals surface area contributed by atoms with Crippen molar-refractivity contribution < 1.29 is 9.53 Å². The normalized spacial score (nSPS) is 16.4. The lowest BCUT2D eigenvalue weighted by Crippen LogP contribution is -2.38. The molecule has 0 unspecified atom stereocenters. The maximum absolute atomic E-state index is 11.7. The lowest BCUT2D eigenvalue weighted by atomic mass is 9.97. The van der Waals surface area contributed by atoms with Crippen molar-refractivity contribution in [2.24, 2.45) is 5.92 Å². The molecule has 0 radical (unpaired) electrons. The molecule has 7 heteroatoms. The Morgan fingerprint density at radius 3 is 2.79 bits per heavy atom. The van der Waals surface area contributed by atoms with Gasteiger partial charge >= 0.3 is 5.97 Å². The van der Waals surface area contributed by atoms with Gasteiger partial charge in [-0.2, -0.15) is 4.98 Å². The van der Waals surface area contributed by atoms with Crippen molar-refractivity contribution in [2.45, 2.75) is 19.8 Å². The first-order valence-corrected chi connectivity index (χ1v) is 7.11. The van der Waals surface area contributed by atoms with E-state index in [0.717, 1.165) is 25.9 Å². The molecular formula is C12H17BrN4O2. The van der Waals surface area contributed by atoms with Gasteiger partial charge in [0.25, 0.3) is 0 Å². The summed E-state index contributed by atoms with van der Waals surface area (Å²) in [7, 11) is 0. The highest BCUT2D eigenvalue weighted by molar-refractivity contribution is 9.10. The average Bonchev–Trinajstić information content (AvgIpc) is 2.38. The monoisotopic (exact) mass is 328 g/mol. The van der Waals surface area contributed by atoms with Crippen molar-refractivity contribution in [1.82, 2.24) is 9.97 Å². The fourth-order valence-electron chi connectivity index (χ4n) is 2.14. The number of piperidine rings is 1. The summed E-state index contributed by atoms with van der Waals surface area (Å²) in [6.45, 7) is 3.73. The van der Waals surface area contributed by atoms with Crippen LogP contribution in [0.5, 0.6) is 0 Å². The van der Waals surface area contributed by atoms with Crippen LogP contribution in [0.25, 0.3) is 0 Å². The van der Waals surface area contributed by atoms with Gasteiger partial charge in [0.1, 0.15) is 10.4 Å². The first kappa shape index (κ1) is 14.0. The molecule has 0 atom stereocenters. The summed E-state index contributed by atoms with van der Waals surface area (Å²) in [5.41, 5.74) is 5.70. The number of rotatable bonds is 3. The largest absolute Gasteiger partial charge is 0.466 e. The quantitative estimate of drug-likeness (QED) is 0.670. The number of anilines is 2. The average molecular weight is 329 g/mol. The van der Waals surface area contributed by atoms with Crippen molar-refractivity contribution >= 4 is 33.7 Å². The summed E-state index contributed by atoms with van der Waals surface area (Å²) in [5.74, 6) is 0.927. The maximum atomic E-state index is 11.7. The number of aromatic nitrogens is 2. The topological polar surface area (TPSA) is 81.3 Å². The number of carbonyl (C=O) groups excluding carboxylic acids is 1. The van der Waals surface area contributed by atoms with Crippen LogP contribution in [-0.4, -0.2) is 35.6 Å². The fourth-order valence-corrected chi connectivity index (χ4v) is 2.53. The van der Waals surface area contributed by atoms with E-state index < -0.39 is 0 Å².